The van der Waals surface area contributed by atoms with Gasteiger partial charge in [0.2, 0.25) is 0 Å². The molecule has 0 unspecified atom stereocenters. The van der Waals surface area contributed by atoms with Crippen LogP contribution in [0.25, 0.3) is 23.0 Å². The van der Waals surface area contributed by atoms with Crippen molar-refractivity contribution in [3.05, 3.63) is 112 Å². The fourth-order valence-electron chi connectivity index (χ4n) is 3.76. The predicted octanol–water partition coefficient (Wildman–Crippen LogP) is 5.42. The number of rotatable bonds is 10. The SMILES string of the molecule is COCCCNC(=O)/C(=C\c1cn(-c2ccccc2)nc1-c1ccc(Cl)cc1)NC(=O)c1ccc(C)cc1. The summed E-state index contributed by atoms with van der Waals surface area (Å²) in [6, 6.07) is 24.1. The van der Waals surface area contributed by atoms with E-state index < -0.39 is 5.91 Å². The molecule has 7 nitrogen and oxygen atoms in total. The minimum Gasteiger partial charge on any atom is -0.385 e. The van der Waals surface area contributed by atoms with Gasteiger partial charge in [-0.2, -0.15) is 5.10 Å². The van der Waals surface area contributed by atoms with Crippen LogP contribution in [0.4, 0.5) is 0 Å². The molecule has 194 valence electrons. The highest BCUT2D eigenvalue weighted by Gasteiger charge is 2.18. The Morgan fingerprint density at radius 1 is 1.00 bits per heavy atom. The third-order valence-corrected chi connectivity index (χ3v) is 6.05. The number of methoxy groups -OCH3 is 1. The van der Waals surface area contributed by atoms with Crippen molar-refractivity contribution in [1.82, 2.24) is 20.4 Å². The number of carbonyl (C=O) groups excluding carboxylic acids is 2. The van der Waals surface area contributed by atoms with E-state index in [-0.39, 0.29) is 11.6 Å². The van der Waals surface area contributed by atoms with E-state index in [0.29, 0.717) is 41.4 Å². The lowest BCUT2D eigenvalue weighted by atomic mass is 10.1. The molecule has 1 heterocycles. The Labute approximate surface area is 227 Å². The van der Waals surface area contributed by atoms with E-state index >= 15 is 0 Å². The van der Waals surface area contributed by atoms with Crippen LogP contribution in [0, 0.1) is 6.92 Å². The fraction of sp³-hybridized carbons (Fsp3) is 0.167. The normalized spacial score (nSPS) is 11.3. The number of hydrogen-bond acceptors (Lipinski definition) is 4. The van der Waals surface area contributed by atoms with Gasteiger partial charge in [0, 0.05) is 48.2 Å². The number of carbonyl (C=O) groups is 2. The van der Waals surface area contributed by atoms with Crippen molar-refractivity contribution >= 4 is 29.5 Å². The van der Waals surface area contributed by atoms with E-state index in [1.54, 1.807) is 42.1 Å². The fourth-order valence-corrected chi connectivity index (χ4v) is 3.89. The molecule has 0 fully saturated rings. The number of amides is 2. The summed E-state index contributed by atoms with van der Waals surface area (Å²) in [6.45, 7) is 2.86. The third-order valence-electron chi connectivity index (χ3n) is 5.80. The lowest BCUT2D eigenvalue weighted by Gasteiger charge is -2.11. The highest BCUT2D eigenvalue weighted by Crippen LogP contribution is 2.27. The molecule has 1 aromatic heterocycles. The second-order valence-electron chi connectivity index (χ2n) is 8.70. The molecule has 8 heteroatoms. The van der Waals surface area contributed by atoms with Gasteiger partial charge in [0.25, 0.3) is 11.8 Å². The van der Waals surface area contributed by atoms with Gasteiger partial charge in [-0.1, -0.05) is 59.6 Å². The number of halogens is 1. The van der Waals surface area contributed by atoms with Crippen molar-refractivity contribution in [3.63, 3.8) is 0 Å². The standard InChI is InChI=1S/C30H29ClN4O3/c1-21-9-11-23(12-10-21)29(36)33-27(30(37)32-17-6-18-38-2)19-24-20-35(26-7-4-3-5-8-26)34-28(24)22-13-15-25(31)16-14-22/h3-5,7-16,19-20H,6,17-18H2,1-2H3,(H,32,37)(H,33,36)/b27-19+. The summed E-state index contributed by atoms with van der Waals surface area (Å²) in [5.74, 6) is -0.789. The molecular weight excluding hydrogens is 500 g/mol. The molecule has 0 aliphatic carbocycles. The summed E-state index contributed by atoms with van der Waals surface area (Å²) in [5, 5.41) is 11.1. The Hall–Kier alpha value is -4.20. The molecule has 0 bridgehead atoms. The lowest BCUT2D eigenvalue weighted by molar-refractivity contribution is -0.117. The molecule has 2 amide bonds. The van der Waals surface area contributed by atoms with Gasteiger partial charge >= 0.3 is 0 Å². The van der Waals surface area contributed by atoms with Crippen LogP contribution < -0.4 is 10.6 Å². The average molecular weight is 529 g/mol. The largest absolute Gasteiger partial charge is 0.385 e. The van der Waals surface area contributed by atoms with Crippen LogP contribution >= 0.6 is 11.6 Å². The van der Waals surface area contributed by atoms with Crippen LogP contribution in [0.1, 0.15) is 27.9 Å². The van der Waals surface area contributed by atoms with Gasteiger partial charge in [-0.15, -0.1) is 0 Å². The monoisotopic (exact) mass is 528 g/mol. The summed E-state index contributed by atoms with van der Waals surface area (Å²) in [7, 11) is 1.61. The summed E-state index contributed by atoms with van der Waals surface area (Å²) in [6.07, 6.45) is 4.12. The zero-order chi connectivity index (χ0) is 26.9. The van der Waals surface area contributed by atoms with Crippen molar-refractivity contribution in [2.75, 3.05) is 20.3 Å². The summed E-state index contributed by atoms with van der Waals surface area (Å²) >= 11 is 6.12. The van der Waals surface area contributed by atoms with Crippen LogP contribution in [0.5, 0.6) is 0 Å². The molecule has 2 N–H and O–H groups in total. The first-order valence-electron chi connectivity index (χ1n) is 12.2. The third kappa shape index (κ3) is 6.97. The lowest BCUT2D eigenvalue weighted by Crippen LogP contribution is -2.35. The van der Waals surface area contributed by atoms with Gasteiger partial charge < -0.3 is 15.4 Å². The Bertz CT molecular complexity index is 1410. The number of nitrogens with zero attached hydrogens (tertiary/aromatic N) is 2. The maximum absolute atomic E-state index is 13.2. The molecule has 0 saturated carbocycles. The van der Waals surface area contributed by atoms with Gasteiger partial charge in [-0.05, 0) is 55.8 Å². The second kappa shape index (κ2) is 12.9. The first-order chi connectivity index (χ1) is 18.4. The van der Waals surface area contributed by atoms with Crippen molar-refractivity contribution < 1.29 is 14.3 Å². The number of ether oxygens (including phenoxy) is 1. The van der Waals surface area contributed by atoms with E-state index in [4.69, 9.17) is 21.4 Å². The maximum atomic E-state index is 13.2. The molecule has 4 rings (SSSR count). The smallest absolute Gasteiger partial charge is 0.267 e. The van der Waals surface area contributed by atoms with Crippen LogP contribution in [0.3, 0.4) is 0 Å². The van der Waals surface area contributed by atoms with Crippen LogP contribution in [0.2, 0.25) is 5.02 Å². The highest BCUT2D eigenvalue weighted by molar-refractivity contribution is 6.30. The van der Waals surface area contributed by atoms with Crippen molar-refractivity contribution in [3.8, 4) is 16.9 Å². The molecular formula is C30H29ClN4O3. The van der Waals surface area contributed by atoms with Gasteiger partial charge in [-0.3, -0.25) is 9.59 Å². The first kappa shape index (κ1) is 26.9. The number of aromatic nitrogens is 2. The van der Waals surface area contributed by atoms with E-state index in [1.807, 2.05) is 67.7 Å². The van der Waals surface area contributed by atoms with Gasteiger partial charge in [0.1, 0.15) is 11.4 Å². The van der Waals surface area contributed by atoms with E-state index in [0.717, 1.165) is 16.8 Å². The minimum absolute atomic E-state index is 0.107. The molecule has 38 heavy (non-hydrogen) atoms. The summed E-state index contributed by atoms with van der Waals surface area (Å²) < 4.78 is 6.82. The topological polar surface area (TPSA) is 85.2 Å². The Balaban J connectivity index is 1.74. The average Bonchev–Trinajstić information content (AvgIpc) is 3.35. The molecule has 0 aliphatic heterocycles. The highest BCUT2D eigenvalue weighted by atomic mass is 35.5. The zero-order valence-electron chi connectivity index (χ0n) is 21.3. The quantitative estimate of drug-likeness (QED) is 0.212. The maximum Gasteiger partial charge on any atom is 0.267 e. The van der Waals surface area contributed by atoms with Crippen LogP contribution in [-0.2, 0) is 9.53 Å². The van der Waals surface area contributed by atoms with Crippen molar-refractivity contribution in [1.29, 1.82) is 0 Å². The van der Waals surface area contributed by atoms with E-state index in [9.17, 15) is 9.59 Å². The van der Waals surface area contributed by atoms with Gasteiger partial charge in [-0.25, -0.2) is 4.68 Å². The predicted molar refractivity (Wildman–Crippen MR) is 150 cm³/mol. The first-order valence-corrected chi connectivity index (χ1v) is 12.6. The van der Waals surface area contributed by atoms with Gasteiger partial charge in [0.05, 0.1) is 5.69 Å². The number of nitrogens with one attached hydrogen (secondary N) is 2. The number of para-hydroxylation sites is 1. The second-order valence-corrected chi connectivity index (χ2v) is 9.14. The molecule has 0 saturated heterocycles. The molecule has 0 spiro atoms. The minimum atomic E-state index is -0.406. The Morgan fingerprint density at radius 2 is 1.71 bits per heavy atom. The molecule has 0 radical (unpaired) electrons. The van der Waals surface area contributed by atoms with Crippen LogP contribution in [0.15, 0.2) is 90.8 Å². The number of aryl methyl sites for hydroxylation is 1. The summed E-state index contributed by atoms with van der Waals surface area (Å²) in [5.41, 5.74) is 4.57. The molecule has 0 aliphatic rings. The molecule has 4 aromatic rings. The number of benzene rings is 3. The van der Waals surface area contributed by atoms with Gasteiger partial charge in [0.15, 0.2) is 0 Å². The van der Waals surface area contributed by atoms with Crippen molar-refractivity contribution in [2.45, 2.75) is 13.3 Å². The van der Waals surface area contributed by atoms with Crippen LogP contribution in [-0.4, -0.2) is 41.9 Å². The Kier molecular flexibility index (Phi) is 9.08. The summed E-state index contributed by atoms with van der Waals surface area (Å²) in [4.78, 5) is 26.3. The zero-order valence-corrected chi connectivity index (χ0v) is 22.0. The molecule has 3 aromatic carbocycles. The van der Waals surface area contributed by atoms with E-state index in [1.165, 1.54) is 0 Å². The van der Waals surface area contributed by atoms with E-state index in [2.05, 4.69) is 10.6 Å². The molecule has 0 atom stereocenters. The Morgan fingerprint density at radius 3 is 2.39 bits per heavy atom. The number of hydrogen-bond donors (Lipinski definition) is 2. The van der Waals surface area contributed by atoms with Crippen molar-refractivity contribution in [2.24, 2.45) is 0 Å².